The highest BCUT2D eigenvalue weighted by Gasteiger charge is 2.34. The highest BCUT2D eigenvalue weighted by molar-refractivity contribution is 6.29. The lowest BCUT2D eigenvalue weighted by Gasteiger charge is -2.29. The number of fused-ring (bicyclic) bond motifs is 2. The number of halogens is 1. The Hall–Kier alpha value is -0.800. The molecule has 0 unspecified atom stereocenters. The van der Waals surface area contributed by atoms with Crippen molar-refractivity contribution in [2.24, 2.45) is 0 Å². The van der Waals surface area contributed by atoms with Gasteiger partial charge in [-0.05, 0) is 37.8 Å². The van der Waals surface area contributed by atoms with Crippen LogP contribution < -0.4 is 10.1 Å². The van der Waals surface area contributed by atoms with Crippen LogP contribution in [0, 0.1) is 0 Å². The van der Waals surface area contributed by atoms with Gasteiger partial charge in [0.15, 0.2) is 0 Å². The summed E-state index contributed by atoms with van der Waals surface area (Å²) in [5.41, 5.74) is 0. The van der Waals surface area contributed by atoms with Gasteiger partial charge in [-0.3, -0.25) is 0 Å². The van der Waals surface area contributed by atoms with E-state index in [1.165, 1.54) is 12.8 Å². The van der Waals surface area contributed by atoms with Gasteiger partial charge in [-0.15, -0.1) is 0 Å². The van der Waals surface area contributed by atoms with E-state index in [1.807, 2.05) is 6.07 Å². The van der Waals surface area contributed by atoms with Crippen LogP contribution in [0.3, 0.4) is 0 Å². The zero-order chi connectivity index (χ0) is 11.0. The number of hydrogen-bond donors (Lipinski definition) is 1. The summed E-state index contributed by atoms with van der Waals surface area (Å²) in [4.78, 5) is 4.02. The van der Waals surface area contributed by atoms with Gasteiger partial charge in [0.2, 0.25) is 0 Å². The number of piperidine rings is 1. The summed E-state index contributed by atoms with van der Waals surface area (Å²) in [6.45, 7) is 0. The highest BCUT2D eigenvalue weighted by atomic mass is 35.5. The average Bonchev–Trinajstić information content (AvgIpc) is 2.62. The van der Waals surface area contributed by atoms with Crippen molar-refractivity contribution >= 4 is 11.6 Å². The molecule has 2 fully saturated rings. The van der Waals surface area contributed by atoms with Crippen molar-refractivity contribution in [2.45, 2.75) is 43.9 Å². The molecular weight excluding hydrogens is 224 g/mol. The van der Waals surface area contributed by atoms with Gasteiger partial charge in [0.25, 0.3) is 0 Å². The molecule has 2 aliphatic rings. The van der Waals surface area contributed by atoms with Gasteiger partial charge in [-0.1, -0.05) is 11.6 Å². The summed E-state index contributed by atoms with van der Waals surface area (Å²) in [6, 6.07) is 4.97. The van der Waals surface area contributed by atoms with Crippen LogP contribution in [0.2, 0.25) is 5.15 Å². The van der Waals surface area contributed by atoms with Crippen LogP contribution in [-0.4, -0.2) is 23.2 Å². The molecule has 0 radical (unpaired) electrons. The van der Waals surface area contributed by atoms with Gasteiger partial charge < -0.3 is 10.1 Å². The predicted octanol–water partition coefficient (Wildman–Crippen LogP) is 2.40. The summed E-state index contributed by atoms with van der Waals surface area (Å²) < 4.78 is 5.93. The average molecular weight is 239 g/mol. The van der Waals surface area contributed by atoms with Crippen molar-refractivity contribution < 1.29 is 4.74 Å². The minimum absolute atomic E-state index is 0.335. The molecule has 4 heteroatoms. The Bertz CT molecular complexity index is 356. The molecule has 16 heavy (non-hydrogen) atoms. The number of ether oxygens (including phenoxy) is 1. The summed E-state index contributed by atoms with van der Waals surface area (Å²) in [5, 5.41) is 4.11. The molecule has 2 aliphatic heterocycles. The van der Waals surface area contributed by atoms with E-state index in [0.717, 1.165) is 18.6 Å². The quantitative estimate of drug-likeness (QED) is 0.804. The van der Waals surface area contributed by atoms with Crippen molar-refractivity contribution in [3.05, 3.63) is 23.5 Å². The molecule has 0 spiro atoms. The number of nitrogens with one attached hydrogen (secondary N) is 1. The maximum absolute atomic E-state index is 5.93. The molecule has 3 nitrogen and oxygen atoms in total. The largest absolute Gasteiger partial charge is 0.489 e. The van der Waals surface area contributed by atoms with Gasteiger partial charge in [-0.25, -0.2) is 4.98 Å². The number of pyridine rings is 1. The number of aromatic nitrogens is 1. The van der Waals surface area contributed by atoms with Crippen LogP contribution in [0.5, 0.6) is 5.75 Å². The third-order valence-corrected chi connectivity index (χ3v) is 3.66. The lowest BCUT2D eigenvalue weighted by atomic mass is 10.0. The molecule has 1 N–H and O–H groups in total. The molecule has 86 valence electrons. The molecule has 0 aliphatic carbocycles. The van der Waals surface area contributed by atoms with E-state index in [2.05, 4.69) is 10.3 Å². The second-order valence-corrected chi connectivity index (χ2v) is 5.05. The first-order chi connectivity index (χ1) is 7.79. The minimum atomic E-state index is 0.335. The van der Waals surface area contributed by atoms with Crippen molar-refractivity contribution in [1.82, 2.24) is 10.3 Å². The SMILES string of the molecule is Clc1ccc(O[C@@H]2C[C@H]3CC[C@@H](C2)N3)cn1. The molecule has 0 aromatic carbocycles. The van der Waals surface area contributed by atoms with Crippen LogP contribution in [0.4, 0.5) is 0 Å². The first-order valence-electron chi connectivity index (χ1n) is 5.84. The zero-order valence-corrected chi connectivity index (χ0v) is 9.78. The van der Waals surface area contributed by atoms with Gasteiger partial charge in [0, 0.05) is 12.1 Å². The number of rotatable bonds is 2. The van der Waals surface area contributed by atoms with Crippen molar-refractivity contribution in [1.29, 1.82) is 0 Å². The molecule has 1 aromatic rings. The molecule has 2 bridgehead atoms. The maximum atomic E-state index is 5.93. The summed E-state index contributed by atoms with van der Waals surface area (Å²) in [5.74, 6) is 0.829. The third kappa shape index (κ3) is 2.15. The third-order valence-electron chi connectivity index (χ3n) is 3.43. The summed E-state index contributed by atoms with van der Waals surface area (Å²) >= 11 is 5.73. The number of nitrogens with zero attached hydrogens (tertiary/aromatic N) is 1. The van der Waals surface area contributed by atoms with Crippen LogP contribution in [0.1, 0.15) is 25.7 Å². The van der Waals surface area contributed by atoms with Gasteiger partial charge >= 0.3 is 0 Å². The topological polar surface area (TPSA) is 34.1 Å². The Labute approximate surface area is 100 Å². The zero-order valence-electron chi connectivity index (χ0n) is 9.03. The Morgan fingerprint density at radius 3 is 2.62 bits per heavy atom. The fourth-order valence-electron chi connectivity index (χ4n) is 2.73. The van der Waals surface area contributed by atoms with E-state index in [0.29, 0.717) is 23.3 Å². The van der Waals surface area contributed by atoms with E-state index in [1.54, 1.807) is 12.3 Å². The second kappa shape index (κ2) is 4.22. The van der Waals surface area contributed by atoms with Crippen LogP contribution >= 0.6 is 11.6 Å². The Kier molecular flexibility index (Phi) is 2.74. The monoisotopic (exact) mass is 238 g/mol. The van der Waals surface area contributed by atoms with E-state index >= 15 is 0 Å². The second-order valence-electron chi connectivity index (χ2n) is 4.67. The van der Waals surface area contributed by atoms with Crippen LogP contribution in [0.15, 0.2) is 18.3 Å². The predicted molar refractivity (Wildman–Crippen MR) is 62.8 cm³/mol. The van der Waals surface area contributed by atoms with E-state index < -0.39 is 0 Å². The first kappa shape index (κ1) is 10.4. The van der Waals surface area contributed by atoms with Gasteiger partial charge in [0.05, 0.1) is 6.20 Å². The standard InChI is InChI=1S/C12H15ClN2O/c13-12-4-3-10(7-14-12)16-11-5-8-1-2-9(6-11)15-8/h3-4,7-9,11,15H,1-2,5-6H2/t8-,9+,11-. The van der Waals surface area contributed by atoms with Crippen LogP contribution in [-0.2, 0) is 0 Å². The Morgan fingerprint density at radius 2 is 2.00 bits per heavy atom. The lowest BCUT2D eigenvalue weighted by molar-refractivity contribution is 0.137. The fourth-order valence-corrected chi connectivity index (χ4v) is 2.84. The molecule has 3 heterocycles. The van der Waals surface area contributed by atoms with E-state index in [-0.39, 0.29) is 0 Å². The molecule has 1 aromatic heterocycles. The Balaban J connectivity index is 1.64. The van der Waals surface area contributed by atoms with Crippen molar-refractivity contribution in [2.75, 3.05) is 0 Å². The number of hydrogen-bond acceptors (Lipinski definition) is 3. The van der Waals surface area contributed by atoms with E-state index in [9.17, 15) is 0 Å². The van der Waals surface area contributed by atoms with E-state index in [4.69, 9.17) is 16.3 Å². The Morgan fingerprint density at radius 1 is 1.25 bits per heavy atom. The summed E-state index contributed by atoms with van der Waals surface area (Å²) in [6.07, 6.45) is 6.85. The smallest absolute Gasteiger partial charge is 0.138 e. The molecule has 2 saturated heterocycles. The fraction of sp³-hybridized carbons (Fsp3) is 0.583. The maximum Gasteiger partial charge on any atom is 0.138 e. The first-order valence-corrected chi connectivity index (χ1v) is 6.21. The molecule has 0 saturated carbocycles. The molecule has 3 rings (SSSR count). The normalized spacial score (nSPS) is 32.7. The highest BCUT2D eigenvalue weighted by Crippen LogP contribution is 2.29. The minimum Gasteiger partial charge on any atom is -0.489 e. The summed E-state index contributed by atoms with van der Waals surface area (Å²) in [7, 11) is 0. The van der Waals surface area contributed by atoms with Crippen molar-refractivity contribution in [3.8, 4) is 5.75 Å². The van der Waals surface area contributed by atoms with Crippen LogP contribution in [0.25, 0.3) is 0 Å². The van der Waals surface area contributed by atoms with Gasteiger partial charge in [-0.2, -0.15) is 0 Å². The molecular formula is C12H15ClN2O. The lowest BCUT2D eigenvalue weighted by Crippen LogP contribution is -2.42. The molecule has 3 atom stereocenters. The molecule has 0 amide bonds. The van der Waals surface area contributed by atoms with Crippen molar-refractivity contribution in [3.63, 3.8) is 0 Å². The van der Waals surface area contributed by atoms with Gasteiger partial charge in [0.1, 0.15) is 17.0 Å².